The molecule has 0 aromatic carbocycles. The minimum atomic E-state index is -0.214. The van der Waals surface area contributed by atoms with Crippen LogP contribution < -0.4 is 5.32 Å². The first kappa shape index (κ1) is 17.1. The van der Waals surface area contributed by atoms with Gasteiger partial charge in [0.2, 0.25) is 5.91 Å². The lowest BCUT2D eigenvalue weighted by molar-refractivity contribution is -0.129. The maximum absolute atomic E-state index is 12.6. The molecule has 0 bridgehead atoms. The van der Waals surface area contributed by atoms with Crippen LogP contribution in [-0.4, -0.2) is 56.4 Å². The molecule has 0 spiro atoms. The van der Waals surface area contributed by atoms with Gasteiger partial charge in [-0.1, -0.05) is 6.07 Å². The van der Waals surface area contributed by atoms with E-state index in [1.54, 1.807) is 30.2 Å². The van der Waals surface area contributed by atoms with Crippen molar-refractivity contribution in [1.29, 1.82) is 0 Å². The van der Waals surface area contributed by atoms with Gasteiger partial charge in [0.1, 0.15) is 5.56 Å². The molecule has 27 heavy (non-hydrogen) atoms. The summed E-state index contributed by atoms with van der Waals surface area (Å²) in [6, 6.07) is 5.66. The quantitative estimate of drug-likeness (QED) is 0.747. The molecule has 1 aliphatic heterocycles. The highest BCUT2D eigenvalue weighted by molar-refractivity contribution is 5.99. The zero-order valence-electron chi connectivity index (χ0n) is 15.0. The van der Waals surface area contributed by atoms with Crippen LogP contribution in [0.5, 0.6) is 0 Å². The number of carbonyl (C=O) groups excluding carboxylic acids is 2. The number of pyridine rings is 1. The van der Waals surface area contributed by atoms with Gasteiger partial charge in [0, 0.05) is 44.6 Å². The second-order valence-corrected chi connectivity index (χ2v) is 6.61. The zero-order chi connectivity index (χ0) is 18.8. The predicted octanol–water partition coefficient (Wildman–Crippen LogP) is 1.04. The molecule has 3 aromatic rings. The van der Waals surface area contributed by atoms with Gasteiger partial charge in [0.15, 0.2) is 5.65 Å². The second-order valence-electron chi connectivity index (χ2n) is 6.61. The van der Waals surface area contributed by atoms with Gasteiger partial charge in [-0.15, -0.1) is 0 Å². The number of carbonyl (C=O) groups is 2. The molecule has 3 aromatic heterocycles. The standard InChI is InChI=1S/C19H20N6O2/c1-20-19(27)15-11-23-25-16(4-7-22-18(15)25)14-5-8-24(12-14)17(26)9-13-3-2-6-21-10-13/h2-4,6-7,10-11,14H,5,8-9,12H2,1H3,(H,20,27)/t14-/m1/s1. The zero-order valence-corrected chi connectivity index (χ0v) is 15.0. The fourth-order valence-electron chi connectivity index (χ4n) is 3.53. The van der Waals surface area contributed by atoms with E-state index in [9.17, 15) is 9.59 Å². The molecule has 2 amide bonds. The number of nitrogens with one attached hydrogen (secondary N) is 1. The summed E-state index contributed by atoms with van der Waals surface area (Å²) in [5.41, 5.74) is 2.86. The van der Waals surface area contributed by atoms with Crippen LogP contribution in [0.25, 0.3) is 5.65 Å². The minimum Gasteiger partial charge on any atom is -0.355 e. The Kier molecular flexibility index (Phi) is 4.53. The monoisotopic (exact) mass is 364 g/mol. The average Bonchev–Trinajstić information content (AvgIpc) is 3.35. The van der Waals surface area contributed by atoms with E-state index in [4.69, 9.17) is 0 Å². The number of rotatable bonds is 4. The van der Waals surface area contributed by atoms with E-state index in [2.05, 4.69) is 20.4 Å². The molecule has 138 valence electrons. The summed E-state index contributed by atoms with van der Waals surface area (Å²) in [7, 11) is 1.58. The third-order valence-electron chi connectivity index (χ3n) is 4.94. The molecule has 0 saturated carbocycles. The molecule has 1 N–H and O–H groups in total. The Morgan fingerprint density at radius 3 is 2.93 bits per heavy atom. The van der Waals surface area contributed by atoms with E-state index in [0.717, 1.165) is 17.7 Å². The number of hydrogen-bond acceptors (Lipinski definition) is 5. The van der Waals surface area contributed by atoms with Crippen LogP contribution in [0.4, 0.5) is 0 Å². The first-order chi connectivity index (χ1) is 13.2. The number of amides is 2. The predicted molar refractivity (Wildman–Crippen MR) is 98.3 cm³/mol. The Labute approximate surface area is 156 Å². The Morgan fingerprint density at radius 1 is 1.26 bits per heavy atom. The van der Waals surface area contributed by atoms with Crippen molar-refractivity contribution in [3.8, 4) is 0 Å². The van der Waals surface area contributed by atoms with Crippen molar-refractivity contribution in [2.24, 2.45) is 0 Å². The van der Waals surface area contributed by atoms with Gasteiger partial charge >= 0.3 is 0 Å². The maximum Gasteiger partial charge on any atom is 0.256 e. The molecule has 0 aliphatic carbocycles. The van der Waals surface area contributed by atoms with Crippen LogP contribution in [0.15, 0.2) is 43.0 Å². The molecule has 8 nitrogen and oxygen atoms in total. The molecule has 8 heteroatoms. The first-order valence-electron chi connectivity index (χ1n) is 8.88. The van der Waals surface area contributed by atoms with Crippen molar-refractivity contribution in [2.75, 3.05) is 20.1 Å². The van der Waals surface area contributed by atoms with Crippen molar-refractivity contribution in [3.63, 3.8) is 0 Å². The number of fused-ring (bicyclic) bond motifs is 1. The summed E-state index contributed by atoms with van der Waals surface area (Å²) in [6.45, 7) is 1.34. The maximum atomic E-state index is 12.6. The highest BCUT2D eigenvalue weighted by Crippen LogP contribution is 2.28. The number of hydrogen-bond donors (Lipinski definition) is 1. The summed E-state index contributed by atoms with van der Waals surface area (Å²) >= 11 is 0. The number of aromatic nitrogens is 4. The molecule has 0 radical (unpaired) electrons. The van der Waals surface area contributed by atoms with Crippen LogP contribution in [0, 0.1) is 0 Å². The number of nitrogens with zero attached hydrogens (tertiary/aromatic N) is 5. The lowest BCUT2D eigenvalue weighted by atomic mass is 10.0. The van der Waals surface area contributed by atoms with Crippen LogP contribution in [-0.2, 0) is 11.2 Å². The molecule has 1 atom stereocenters. The highest BCUT2D eigenvalue weighted by Gasteiger charge is 2.29. The van der Waals surface area contributed by atoms with E-state index in [1.807, 2.05) is 23.1 Å². The van der Waals surface area contributed by atoms with Crippen molar-refractivity contribution >= 4 is 17.5 Å². The van der Waals surface area contributed by atoms with E-state index in [0.29, 0.717) is 30.7 Å². The molecule has 1 saturated heterocycles. The molecule has 4 rings (SSSR count). The Bertz CT molecular complexity index is 984. The normalized spacial score (nSPS) is 16.6. The largest absolute Gasteiger partial charge is 0.355 e. The summed E-state index contributed by atoms with van der Waals surface area (Å²) < 4.78 is 1.71. The third-order valence-corrected chi connectivity index (χ3v) is 4.94. The fraction of sp³-hybridized carbons (Fsp3) is 0.316. The molecule has 1 aliphatic rings. The van der Waals surface area contributed by atoms with Crippen molar-refractivity contribution in [2.45, 2.75) is 18.8 Å². The second kappa shape index (κ2) is 7.14. The minimum absolute atomic E-state index is 0.0994. The van der Waals surface area contributed by atoms with Gasteiger partial charge in [0.05, 0.1) is 18.3 Å². The molecule has 4 heterocycles. The van der Waals surface area contributed by atoms with Crippen molar-refractivity contribution in [3.05, 3.63) is 59.8 Å². The molecule has 1 fully saturated rings. The third kappa shape index (κ3) is 3.25. The molecule has 0 unspecified atom stereocenters. The Balaban J connectivity index is 1.53. The van der Waals surface area contributed by atoms with Gasteiger partial charge < -0.3 is 10.2 Å². The van der Waals surface area contributed by atoms with Gasteiger partial charge in [-0.25, -0.2) is 9.50 Å². The van der Waals surface area contributed by atoms with Crippen molar-refractivity contribution < 1.29 is 9.59 Å². The molecular weight excluding hydrogens is 344 g/mol. The van der Waals surface area contributed by atoms with Crippen LogP contribution in [0.2, 0.25) is 0 Å². The van der Waals surface area contributed by atoms with Crippen LogP contribution in [0.3, 0.4) is 0 Å². The van der Waals surface area contributed by atoms with E-state index < -0.39 is 0 Å². The Morgan fingerprint density at radius 2 is 2.15 bits per heavy atom. The van der Waals surface area contributed by atoms with Crippen molar-refractivity contribution in [1.82, 2.24) is 29.8 Å². The summed E-state index contributed by atoms with van der Waals surface area (Å²) in [4.78, 5) is 34.8. The summed E-state index contributed by atoms with van der Waals surface area (Å²) in [5, 5.41) is 6.95. The van der Waals surface area contributed by atoms with Crippen LogP contribution >= 0.6 is 0 Å². The Hall–Kier alpha value is -3.29. The van der Waals surface area contributed by atoms with Crippen LogP contribution in [0.1, 0.15) is 34.0 Å². The SMILES string of the molecule is CNC(=O)c1cnn2c([C@@H]3CCN(C(=O)Cc4cccnc4)C3)ccnc12. The lowest BCUT2D eigenvalue weighted by Crippen LogP contribution is -2.30. The van der Waals surface area contributed by atoms with Gasteiger partial charge in [0.25, 0.3) is 5.91 Å². The van der Waals surface area contributed by atoms with Gasteiger partial charge in [-0.05, 0) is 24.1 Å². The lowest BCUT2D eigenvalue weighted by Gasteiger charge is -2.17. The van der Waals surface area contributed by atoms with E-state index in [-0.39, 0.29) is 17.7 Å². The van der Waals surface area contributed by atoms with E-state index in [1.165, 1.54) is 6.20 Å². The topological polar surface area (TPSA) is 92.5 Å². The highest BCUT2D eigenvalue weighted by atomic mass is 16.2. The average molecular weight is 364 g/mol. The summed E-state index contributed by atoms with van der Waals surface area (Å²) in [6.07, 6.45) is 7.86. The number of likely N-dealkylation sites (tertiary alicyclic amines) is 1. The molecular formula is C19H20N6O2. The fourth-order valence-corrected chi connectivity index (χ4v) is 3.53. The first-order valence-corrected chi connectivity index (χ1v) is 8.88. The van der Waals surface area contributed by atoms with E-state index >= 15 is 0 Å². The smallest absolute Gasteiger partial charge is 0.256 e. The van der Waals surface area contributed by atoms with Gasteiger partial charge in [-0.2, -0.15) is 5.10 Å². The van der Waals surface area contributed by atoms with Gasteiger partial charge in [-0.3, -0.25) is 14.6 Å². The summed E-state index contributed by atoms with van der Waals surface area (Å²) in [5.74, 6) is 0.0439.